The number of benzene rings is 2. The van der Waals surface area contributed by atoms with Crippen LogP contribution in [0.15, 0.2) is 53.4 Å². The van der Waals surface area contributed by atoms with Crippen LogP contribution in [0, 0.1) is 0 Å². The average molecular weight is 298 g/mol. The molecule has 1 amide bonds. The van der Waals surface area contributed by atoms with E-state index in [0.29, 0.717) is 0 Å². The number of amides is 1. The van der Waals surface area contributed by atoms with Gasteiger partial charge in [-0.1, -0.05) is 24.3 Å². The van der Waals surface area contributed by atoms with Crippen molar-refractivity contribution in [1.82, 2.24) is 5.32 Å². The van der Waals surface area contributed by atoms with Crippen molar-refractivity contribution in [2.24, 2.45) is 0 Å². The minimum atomic E-state index is -0.167. The topological polar surface area (TPSA) is 41.1 Å². The van der Waals surface area contributed by atoms with Crippen LogP contribution in [0.4, 0.5) is 5.69 Å². The van der Waals surface area contributed by atoms with E-state index in [1.165, 1.54) is 16.0 Å². The van der Waals surface area contributed by atoms with Crippen molar-refractivity contribution in [3.05, 3.63) is 59.7 Å². The normalized spacial score (nSPS) is 17.1. The fraction of sp³-hybridized carbons (Fsp3) is 0.235. The molecule has 1 atom stereocenters. The van der Waals surface area contributed by atoms with Crippen LogP contribution >= 0.6 is 11.8 Å². The first kappa shape index (κ1) is 14.2. The highest BCUT2D eigenvalue weighted by Crippen LogP contribution is 2.19. The van der Waals surface area contributed by atoms with Crippen molar-refractivity contribution < 1.29 is 4.79 Å². The fourth-order valence-electron chi connectivity index (χ4n) is 2.54. The molecule has 2 aromatic rings. The molecule has 3 nitrogen and oxygen atoms in total. The van der Waals surface area contributed by atoms with Gasteiger partial charge in [-0.05, 0) is 48.1 Å². The molecule has 4 heteroatoms. The molecule has 1 heterocycles. The number of carbonyl (C=O) groups is 1. The largest absolute Gasteiger partial charge is 0.325 e. The lowest BCUT2D eigenvalue weighted by atomic mass is 9.95. The first-order valence-corrected chi connectivity index (χ1v) is 8.24. The van der Waals surface area contributed by atoms with Gasteiger partial charge in [0.2, 0.25) is 5.91 Å². The summed E-state index contributed by atoms with van der Waals surface area (Å²) in [4.78, 5) is 13.5. The molecule has 0 bridgehead atoms. The lowest BCUT2D eigenvalue weighted by Crippen LogP contribution is -2.44. The van der Waals surface area contributed by atoms with Crippen molar-refractivity contribution in [3.63, 3.8) is 0 Å². The predicted molar refractivity (Wildman–Crippen MR) is 87.6 cm³/mol. The highest BCUT2D eigenvalue weighted by Gasteiger charge is 2.23. The van der Waals surface area contributed by atoms with Gasteiger partial charge in [-0.25, -0.2) is 0 Å². The van der Waals surface area contributed by atoms with E-state index in [1.807, 2.05) is 42.7 Å². The van der Waals surface area contributed by atoms with Gasteiger partial charge < -0.3 is 10.6 Å². The third-order valence-corrected chi connectivity index (χ3v) is 4.50. The van der Waals surface area contributed by atoms with Crippen LogP contribution in [0.3, 0.4) is 0 Å². The molecular formula is C17H18N2OS. The number of rotatable bonds is 3. The molecule has 0 fully saturated rings. The van der Waals surface area contributed by atoms with Crippen molar-refractivity contribution >= 4 is 23.4 Å². The molecule has 0 aromatic heterocycles. The Morgan fingerprint density at radius 3 is 2.57 bits per heavy atom. The summed E-state index contributed by atoms with van der Waals surface area (Å²) in [6, 6.07) is 16.0. The third-order valence-electron chi connectivity index (χ3n) is 3.76. The Morgan fingerprint density at radius 2 is 1.86 bits per heavy atom. The van der Waals surface area contributed by atoms with Crippen LogP contribution in [0.1, 0.15) is 11.1 Å². The maximum atomic E-state index is 12.4. The van der Waals surface area contributed by atoms with Gasteiger partial charge in [0.05, 0.1) is 6.04 Å². The minimum absolute atomic E-state index is 0.0291. The molecule has 2 aromatic carbocycles. The van der Waals surface area contributed by atoms with Gasteiger partial charge in [0.1, 0.15) is 0 Å². The molecule has 0 radical (unpaired) electrons. The zero-order valence-electron chi connectivity index (χ0n) is 11.9. The molecule has 0 saturated heterocycles. The van der Waals surface area contributed by atoms with Crippen molar-refractivity contribution in [3.8, 4) is 0 Å². The maximum absolute atomic E-state index is 12.4. The van der Waals surface area contributed by atoms with Crippen molar-refractivity contribution in [1.29, 1.82) is 0 Å². The number of nitrogens with one attached hydrogen (secondary N) is 2. The second kappa shape index (κ2) is 6.33. The Balaban J connectivity index is 1.66. The van der Waals surface area contributed by atoms with Gasteiger partial charge >= 0.3 is 0 Å². The van der Waals surface area contributed by atoms with E-state index in [2.05, 4.69) is 22.8 Å². The zero-order valence-corrected chi connectivity index (χ0v) is 12.7. The molecule has 21 heavy (non-hydrogen) atoms. The van der Waals surface area contributed by atoms with E-state index in [0.717, 1.165) is 18.7 Å². The lowest BCUT2D eigenvalue weighted by molar-refractivity contribution is -0.118. The van der Waals surface area contributed by atoms with Crippen LogP contribution < -0.4 is 10.6 Å². The quantitative estimate of drug-likeness (QED) is 0.856. The van der Waals surface area contributed by atoms with Gasteiger partial charge in [-0.2, -0.15) is 0 Å². The summed E-state index contributed by atoms with van der Waals surface area (Å²) in [5.41, 5.74) is 3.39. The molecule has 2 N–H and O–H groups in total. The third kappa shape index (κ3) is 3.28. The van der Waals surface area contributed by atoms with Crippen molar-refractivity contribution in [2.75, 3.05) is 11.6 Å². The average Bonchev–Trinajstić information content (AvgIpc) is 2.55. The van der Waals surface area contributed by atoms with Crippen LogP contribution in [0.5, 0.6) is 0 Å². The zero-order chi connectivity index (χ0) is 14.7. The first-order valence-electron chi connectivity index (χ1n) is 7.01. The lowest BCUT2D eigenvalue weighted by Gasteiger charge is -2.25. The smallest absolute Gasteiger partial charge is 0.241 e. The number of carbonyl (C=O) groups excluding carboxylic acids is 1. The standard InChI is InChI=1S/C17H18N2OS/c1-21-15-8-6-14(7-9-15)19-17(20)16-10-12-4-2-3-5-13(12)11-18-16/h2-9,16,18H,10-11H2,1H3,(H,19,20)/t16-/m1/s1. The first-order chi connectivity index (χ1) is 10.3. The summed E-state index contributed by atoms with van der Waals surface area (Å²) in [5.74, 6) is 0.0291. The van der Waals surface area contributed by atoms with Crippen LogP contribution in [0.2, 0.25) is 0 Å². The molecule has 1 aliphatic rings. The molecule has 108 valence electrons. The van der Waals surface area contributed by atoms with Gasteiger partial charge in [0.25, 0.3) is 0 Å². The van der Waals surface area contributed by atoms with E-state index in [-0.39, 0.29) is 11.9 Å². The SMILES string of the molecule is CSc1ccc(NC(=O)[C@H]2Cc3ccccc3CN2)cc1. The summed E-state index contributed by atoms with van der Waals surface area (Å²) in [5, 5.41) is 6.28. The number of thioether (sulfide) groups is 1. The summed E-state index contributed by atoms with van der Waals surface area (Å²) < 4.78 is 0. The Morgan fingerprint density at radius 1 is 1.14 bits per heavy atom. The Hall–Kier alpha value is -1.78. The molecule has 1 aliphatic heterocycles. The van der Waals surface area contributed by atoms with E-state index in [9.17, 15) is 4.79 Å². The predicted octanol–water partition coefficient (Wildman–Crippen LogP) is 3.06. The molecule has 0 unspecified atom stereocenters. The van der Waals surface area contributed by atoms with E-state index in [1.54, 1.807) is 11.8 Å². The number of hydrogen-bond donors (Lipinski definition) is 2. The number of fused-ring (bicyclic) bond motifs is 1. The second-order valence-corrected chi connectivity index (χ2v) is 6.00. The molecular weight excluding hydrogens is 280 g/mol. The van der Waals surface area contributed by atoms with E-state index in [4.69, 9.17) is 0 Å². The number of hydrogen-bond acceptors (Lipinski definition) is 3. The minimum Gasteiger partial charge on any atom is -0.325 e. The molecule has 0 aliphatic carbocycles. The van der Waals surface area contributed by atoms with Gasteiger partial charge in [0, 0.05) is 17.1 Å². The van der Waals surface area contributed by atoms with E-state index >= 15 is 0 Å². The van der Waals surface area contributed by atoms with Gasteiger partial charge in [-0.3, -0.25) is 4.79 Å². The van der Waals surface area contributed by atoms with Crippen LogP contribution in [-0.4, -0.2) is 18.2 Å². The maximum Gasteiger partial charge on any atom is 0.241 e. The Kier molecular flexibility index (Phi) is 4.27. The summed E-state index contributed by atoms with van der Waals surface area (Å²) in [6.45, 7) is 0.750. The number of anilines is 1. The summed E-state index contributed by atoms with van der Waals surface area (Å²) >= 11 is 1.69. The van der Waals surface area contributed by atoms with Crippen molar-refractivity contribution in [2.45, 2.75) is 23.9 Å². The highest BCUT2D eigenvalue weighted by atomic mass is 32.2. The van der Waals surface area contributed by atoms with E-state index < -0.39 is 0 Å². The Bertz CT molecular complexity index is 639. The summed E-state index contributed by atoms with van der Waals surface area (Å²) in [6.07, 6.45) is 2.78. The van der Waals surface area contributed by atoms with Gasteiger partial charge in [-0.15, -0.1) is 11.8 Å². The molecule has 3 rings (SSSR count). The highest BCUT2D eigenvalue weighted by molar-refractivity contribution is 7.98. The molecule has 0 spiro atoms. The van der Waals surface area contributed by atoms with Gasteiger partial charge in [0.15, 0.2) is 0 Å². The fourth-order valence-corrected chi connectivity index (χ4v) is 2.95. The second-order valence-electron chi connectivity index (χ2n) is 5.12. The Labute approximate surface area is 129 Å². The van der Waals surface area contributed by atoms with Crippen LogP contribution in [0.25, 0.3) is 0 Å². The van der Waals surface area contributed by atoms with Crippen LogP contribution in [-0.2, 0) is 17.8 Å². The summed E-state index contributed by atoms with van der Waals surface area (Å²) in [7, 11) is 0. The molecule has 0 saturated carbocycles. The monoisotopic (exact) mass is 298 g/mol.